The largest absolute Gasteiger partial charge is 0.495 e. The Bertz CT molecular complexity index is 1000. The van der Waals surface area contributed by atoms with E-state index < -0.39 is 0 Å². The van der Waals surface area contributed by atoms with Gasteiger partial charge in [0.25, 0.3) is 0 Å². The van der Waals surface area contributed by atoms with E-state index in [0.29, 0.717) is 17.9 Å². The molecule has 1 fully saturated rings. The summed E-state index contributed by atoms with van der Waals surface area (Å²) in [7, 11) is 1.70. The minimum Gasteiger partial charge on any atom is -0.495 e. The van der Waals surface area contributed by atoms with Crippen molar-refractivity contribution in [3.63, 3.8) is 0 Å². The zero-order chi connectivity index (χ0) is 21.8. The van der Waals surface area contributed by atoms with Crippen LogP contribution in [0.15, 0.2) is 42.9 Å². The Kier molecular flexibility index (Phi) is 6.54. The molecule has 1 saturated carbocycles. The lowest BCUT2D eigenvalue weighted by Gasteiger charge is -2.28. The van der Waals surface area contributed by atoms with Gasteiger partial charge < -0.3 is 10.1 Å². The number of hydrogen-bond donors (Lipinski definition) is 1. The lowest BCUT2D eigenvalue weighted by molar-refractivity contribution is 0.334. The van der Waals surface area contributed by atoms with E-state index in [4.69, 9.17) is 9.72 Å². The molecule has 31 heavy (non-hydrogen) atoms. The van der Waals surface area contributed by atoms with Gasteiger partial charge in [0.15, 0.2) is 0 Å². The first-order valence-electron chi connectivity index (χ1n) is 11.3. The average molecular weight is 420 g/mol. The summed E-state index contributed by atoms with van der Waals surface area (Å²) < 4.78 is 7.33. The Morgan fingerprint density at radius 1 is 1.13 bits per heavy atom. The van der Waals surface area contributed by atoms with Crippen LogP contribution < -0.4 is 10.1 Å². The van der Waals surface area contributed by atoms with Crippen LogP contribution in [0.2, 0.25) is 0 Å². The zero-order valence-electron chi connectivity index (χ0n) is 19.0. The third kappa shape index (κ3) is 5.06. The van der Waals surface area contributed by atoms with Crippen LogP contribution in [0, 0.1) is 12.8 Å². The quantitative estimate of drug-likeness (QED) is 0.538. The molecule has 0 aromatic carbocycles. The number of anilines is 1. The normalized spacial score (nSPS) is 18.9. The van der Waals surface area contributed by atoms with Crippen molar-refractivity contribution in [2.45, 2.75) is 58.4 Å². The second kappa shape index (κ2) is 9.50. The number of nitrogens with one attached hydrogen (secondary N) is 1. The molecule has 0 saturated heterocycles. The fourth-order valence-electron chi connectivity index (χ4n) is 4.40. The number of aryl methyl sites for hydroxylation is 1. The van der Waals surface area contributed by atoms with Crippen LogP contribution in [0.3, 0.4) is 0 Å². The van der Waals surface area contributed by atoms with Gasteiger partial charge in [-0.25, -0.2) is 4.98 Å². The van der Waals surface area contributed by atoms with Crippen molar-refractivity contribution >= 4 is 5.82 Å². The van der Waals surface area contributed by atoms with E-state index in [2.05, 4.69) is 53.6 Å². The summed E-state index contributed by atoms with van der Waals surface area (Å²) in [6, 6.07) is 8.71. The molecule has 4 rings (SSSR count). The van der Waals surface area contributed by atoms with Crippen LogP contribution in [0.4, 0.5) is 5.82 Å². The van der Waals surface area contributed by atoms with E-state index in [1.165, 1.54) is 31.4 Å². The lowest BCUT2D eigenvalue weighted by atomic mass is 9.80. The molecule has 1 aliphatic carbocycles. The van der Waals surface area contributed by atoms with Crippen molar-refractivity contribution in [1.82, 2.24) is 19.7 Å². The maximum absolute atomic E-state index is 5.35. The van der Waals surface area contributed by atoms with Crippen molar-refractivity contribution in [2.24, 2.45) is 5.92 Å². The van der Waals surface area contributed by atoms with Gasteiger partial charge >= 0.3 is 0 Å². The summed E-state index contributed by atoms with van der Waals surface area (Å²) in [5.41, 5.74) is 4.46. The molecule has 1 N–H and O–H groups in total. The van der Waals surface area contributed by atoms with E-state index >= 15 is 0 Å². The molecule has 3 aromatic rings. The Morgan fingerprint density at radius 2 is 1.94 bits per heavy atom. The van der Waals surface area contributed by atoms with Crippen molar-refractivity contribution in [2.75, 3.05) is 19.0 Å². The first-order chi connectivity index (χ1) is 15.0. The second-order valence-electron chi connectivity index (χ2n) is 8.85. The van der Waals surface area contributed by atoms with Gasteiger partial charge in [-0.1, -0.05) is 0 Å². The molecule has 6 heteroatoms. The Morgan fingerprint density at radius 3 is 2.61 bits per heavy atom. The SMILES string of the molecule is COc1ccc(C2CCC(CNc3cc(-c4cnn(C(C)C)c4)ccn3)CC2)nc1C. The summed E-state index contributed by atoms with van der Waals surface area (Å²) in [4.78, 5) is 9.30. The van der Waals surface area contributed by atoms with Gasteiger partial charge in [0.1, 0.15) is 11.6 Å². The first kappa shape index (κ1) is 21.3. The minimum atomic E-state index is 0.361. The fraction of sp³-hybridized carbons (Fsp3) is 0.480. The third-order valence-electron chi connectivity index (χ3n) is 6.34. The van der Waals surface area contributed by atoms with Crippen molar-refractivity contribution in [3.8, 4) is 16.9 Å². The summed E-state index contributed by atoms with van der Waals surface area (Å²) in [5, 5.41) is 8.01. The zero-order valence-corrected chi connectivity index (χ0v) is 19.0. The van der Waals surface area contributed by atoms with Gasteiger partial charge in [-0.05, 0) is 82.2 Å². The molecule has 164 valence electrons. The number of rotatable bonds is 7. The smallest absolute Gasteiger partial charge is 0.140 e. The van der Waals surface area contributed by atoms with Crippen molar-refractivity contribution in [1.29, 1.82) is 0 Å². The summed E-state index contributed by atoms with van der Waals surface area (Å²) in [6.07, 6.45) is 10.7. The van der Waals surface area contributed by atoms with E-state index in [1.54, 1.807) is 7.11 Å². The summed E-state index contributed by atoms with van der Waals surface area (Å²) in [5.74, 6) is 3.03. The predicted molar refractivity (Wildman–Crippen MR) is 125 cm³/mol. The fourth-order valence-corrected chi connectivity index (χ4v) is 4.40. The van der Waals surface area contributed by atoms with Gasteiger partial charge in [0, 0.05) is 42.2 Å². The number of hydrogen-bond acceptors (Lipinski definition) is 5. The van der Waals surface area contributed by atoms with Crippen LogP contribution in [-0.4, -0.2) is 33.4 Å². The highest BCUT2D eigenvalue weighted by Crippen LogP contribution is 2.36. The van der Waals surface area contributed by atoms with Crippen molar-refractivity contribution < 1.29 is 4.74 Å². The van der Waals surface area contributed by atoms with Gasteiger partial charge in [-0.2, -0.15) is 5.10 Å². The number of nitrogens with zero attached hydrogens (tertiary/aromatic N) is 4. The van der Waals surface area contributed by atoms with Gasteiger partial charge in [0.2, 0.25) is 0 Å². The highest BCUT2D eigenvalue weighted by atomic mass is 16.5. The summed E-state index contributed by atoms with van der Waals surface area (Å²) >= 11 is 0. The van der Waals surface area contributed by atoms with E-state index in [-0.39, 0.29) is 0 Å². The molecule has 6 nitrogen and oxygen atoms in total. The van der Waals surface area contributed by atoms with Crippen LogP contribution in [-0.2, 0) is 0 Å². The van der Waals surface area contributed by atoms with Crippen molar-refractivity contribution in [3.05, 3.63) is 54.2 Å². The molecule has 0 amide bonds. The van der Waals surface area contributed by atoms with Crippen LogP contribution in [0.25, 0.3) is 11.1 Å². The highest BCUT2D eigenvalue weighted by Gasteiger charge is 2.23. The Balaban J connectivity index is 1.31. The lowest BCUT2D eigenvalue weighted by Crippen LogP contribution is -2.21. The monoisotopic (exact) mass is 419 g/mol. The van der Waals surface area contributed by atoms with E-state index in [9.17, 15) is 0 Å². The number of methoxy groups -OCH3 is 1. The highest BCUT2D eigenvalue weighted by molar-refractivity contribution is 5.64. The Labute approximate surface area is 185 Å². The molecule has 3 aromatic heterocycles. The molecular weight excluding hydrogens is 386 g/mol. The minimum absolute atomic E-state index is 0.361. The van der Waals surface area contributed by atoms with Crippen LogP contribution in [0.1, 0.15) is 62.9 Å². The molecule has 0 aliphatic heterocycles. The standard InChI is InChI=1S/C25H33N5O/c1-17(2)30-16-22(15-28-30)21-11-12-26-25(13-21)27-14-19-5-7-20(8-6-19)23-9-10-24(31-4)18(3)29-23/h9-13,15-17,19-20H,5-8,14H2,1-4H3,(H,26,27). The average Bonchev–Trinajstić information content (AvgIpc) is 3.29. The molecule has 1 aliphatic rings. The molecule has 0 bridgehead atoms. The second-order valence-corrected chi connectivity index (χ2v) is 8.85. The molecule has 0 atom stereocenters. The topological polar surface area (TPSA) is 64.9 Å². The first-order valence-corrected chi connectivity index (χ1v) is 11.3. The number of aromatic nitrogens is 4. The number of pyridine rings is 2. The molecule has 0 radical (unpaired) electrons. The Hall–Kier alpha value is -2.89. The van der Waals surface area contributed by atoms with Gasteiger partial charge in [-0.3, -0.25) is 9.67 Å². The van der Waals surface area contributed by atoms with Gasteiger partial charge in [0.05, 0.1) is 19.0 Å². The summed E-state index contributed by atoms with van der Waals surface area (Å²) in [6.45, 7) is 7.25. The molecular formula is C25H33N5O. The van der Waals surface area contributed by atoms with Gasteiger partial charge in [-0.15, -0.1) is 0 Å². The van der Waals surface area contributed by atoms with Crippen LogP contribution in [0.5, 0.6) is 5.75 Å². The maximum Gasteiger partial charge on any atom is 0.140 e. The number of ether oxygens (including phenoxy) is 1. The third-order valence-corrected chi connectivity index (χ3v) is 6.34. The molecule has 3 heterocycles. The van der Waals surface area contributed by atoms with Crippen LogP contribution >= 0.6 is 0 Å². The molecule has 0 spiro atoms. The predicted octanol–water partition coefficient (Wildman–Crippen LogP) is 5.62. The van der Waals surface area contributed by atoms with E-state index in [1.807, 2.05) is 30.1 Å². The molecule has 0 unspecified atom stereocenters. The van der Waals surface area contributed by atoms with E-state index in [0.717, 1.165) is 34.9 Å². The maximum atomic E-state index is 5.35.